The van der Waals surface area contributed by atoms with Gasteiger partial charge in [0, 0.05) is 53.3 Å². The molecule has 0 aromatic heterocycles. The third kappa shape index (κ3) is 7.06. The molecule has 0 spiro atoms. The van der Waals surface area contributed by atoms with Crippen LogP contribution < -0.4 is 0 Å². The first kappa shape index (κ1) is 31.0. The number of nitrogens with zero attached hydrogens (tertiary/aromatic N) is 4. The summed E-state index contributed by atoms with van der Waals surface area (Å²) in [7, 11) is 3.28. The van der Waals surface area contributed by atoms with Gasteiger partial charge in [0.25, 0.3) is 11.8 Å². The first-order valence-corrected chi connectivity index (χ1v) is 15.5. The van der Waals surface area contributed by atoms with E-state index in [1.54, 1.807) is 30.1 Å². The summed E-state index contributed by atoms with van der Waals surface area (Å²) in [6.07, 6.45) is 2.70. The van der Waals surface area contributed by atoms with Crippen LogP contribution in [0.25, 0.3) is 0 Å². The molecule has 2 amide bonds. The molecule has 2 unspecified atom stereocenters. The van der Waals surface area contributed by atoms with Gasteiger partial charge < -0.3 is 19.5 Å². The fourth-order valence-electron chi connectivity index (χ4n) is 6.48. The predicted molar refractivity (Wildman–Crippen MR) is 172 cm³/mol. The summed E-state index contributed by atoms with van der Waals surface area (Å²) in [4.78, 5) is 38.0. The lowest BCUT2D eigenvalue weighted by Gasteiger charge is -2.39. The second-order valence-electron chi connectivity index (χ2n) is 11.4. The predicted octanol–water partition coefficient (Wildman–Crippen LogP) is 6.92. The molecule has 1 fully saturated rings. The van der Waals surface area contributed by atoms with Gasteiger partial charge in [-0.1, -0.05) is 76.9 Å². The van der Waals surface area contributed by atoms with Crippen LogP contribution in [0.1, 0.15) is 70.0 Å². The van der Waals surface area contributed by atoms with Gasteiger partial charge in [0.2, 0.25) is 0 Å². The third-order valence-electron chi connectivity index (χ3n) is 8.65. The van der Waals surface area contributed by atoms with Gasteiger partial charge in [0.05, 0.1) is 18.3 Å². The number of oxime groups is 1. The van der Waals surface area contributed by atoms with Crippen molar-refractivity contribution in [2.45, 2.75) is 44.2 Å². The molecule has 2 atom stereocenters. The second kappa shape index (κ2) is 13.9. The molecule has 3 aromatic carbocycles. The minimum atomic E-state index is -0.199. The molecule has 0 N–H and O–H groups in total. The van der Waals surface area contributed by atoms with Crippen molar-refractivity contribution in [1.82, 2.24) is 14.7 Å². The van der Waals surface area contributed by atoms with Gasteiger partial charge in [0.15, 0.2) is 0 Å². The lowest BCUT2D eigenvalue weighted by molar-refractivity contribution is 0.0518. The van der Waals surface area contributed by atoms with Crippen molar-refractivity contribution in [2.75, 3.05) is 40.3 Å². The van der Waals surface area contributed by atoms with Crippen molar-refractivity contribution >= 4 is 40.7 Å². The molecule has 0 aliphatic carbocycles. The average molecular weight is 622 g/mol. The number of carbonyl (C=O) groups excluding carboxylic acids is 2. The monoisotopic (exact) mass is 620 g/mol. The number of piperidine rings is 1. The van der Waals surface area contributed by atoms with Crippen LogP contribution in [0.2, 0.25) is 10.0 Å². The van der Waals surface area contributed by atoms with E-state index in [0.29, 0.717) is 15.6 Å². The molecule has 2 aliphatic rings. The summed E-state index contributed by atoms with van der Waals surface area (Å²) in [5.41, 5.74) is 4.28. The van der Waals surface area contributed by atoms with Gasteiger partial charge >= 0.3 is 0 Å². The number of hydrogen-bond acceptors (Lipinski definition) is 5. The zero-order chi connectivity index (χ0) is 30.5. The van der Waals surface area contributed by atoms with E-state index >= 15 is 0 Å². The molecule has 2 heterocycles. The lowest BCUT2D eigenvalue weighted by atomic mass is 9.89. The third-order valence-corrected chi connectivity index (χ3v) is 9.08. The highest BCUT2D eigenvalue weighted by Gasteiger charge is 2.39. The quantitative estimate of drug-likeness (QED) is 0.182. The Labute approximate surface area is 264 Å². The maximum Gasteiger partial charge on any atom is 0.254 e. The van der Waals surface area contributed by atoms with Crippen molar-refractivity contribution in [3.8, 4) is 0 Å². The molecule has 43 heavy (non-hydrogen) atoms. The lowest BCUT2D eigenvalue weighted by Crippen LogP contribution is -2.46. The summed E-state index contributed by atoms with van der Waals surface area (Å²) in [5.74, 6) is -0.0912. The zero-order valence-corrected chi connectivity index (χ0v) is 26.4. The van der Waals surface area contributed by atoms with Crippen LogP contribution in [0.15, 0.2) is 78.0 Å². The van der Waals surface area contributed by atoms with Gasteiger partial charge in [-0.25, -0.2) is 0 Å². The number of halogens is 2. The Balaban J connectivity index is 1.25. The first-order chi connectivity index (χ1) is 20.8. The van der Waals surface area contributed by atoms with Crippen LogP contribution >= 0.6 is 23.2 Å². The van der Waals surface area contributed by atoms with Crippen molar-refractivity contribution in [2.24, 2.45) is 5.16 Å². The summed E-state index contributed by atoms with van der Waals surface area (Å²) < 4.78 is 0. The molecule has 0 bridgehead atoms. The summed E-state index contributed by atoms with van der Waals surface area (Å²) in [6, 6.07) is 23.4. The van der Waals surface area contributed by atoms with Crippen molar-refractivity contribution in [1.29, 1.82) is 0 Å². The Hall–Kier alpha value is -3.39. The first-order valence-electron chi connectivity index (χ1n) is 14.8. The number of amides is 2. The van der Waals surface area contributed by atoms with Crippen LogP contribution in [0, 0.1) is 0 Å². The van der Waals surface area contributed by atoms with Crippen molar-refractivity contribution in [3.63, 3.8) is 0 Å². The van der Waals surface area contributed by atoms with Gasteiger partial charge in [-0.05, 0) is 68.1 Å². The van der Waals surface area contributed by atoms with E-state index in [-0.39, 0.29) is 36.4 Å². The maximum atomic E-state index is 13.3. The molecule has 226 valence electrons. The Morgan fingerprint density at radius 3 is 2.33 bits per heavy atom. The molecular formula is C34H38Cl2N4O3. The van der Waals surface area contributed by atoms with Crippen LogP contribution in [-0.2, 0) is 4.84 Å². The summed E-state index contributed by atoms with van der Waals surface area (Å²) in [6.45, 7) is 5.13. The van der Waals surface area contributed by atoms with Crippen LogP contribution in [0.3, 0.4) is 0 Å². The molecule has 0 saturated carbocycles. The van der Waals surface area contributed by atoms with Crippen LogP contribution in [-0.4, -0.2) is 78.6 Å². The van der Waals surface area contributed by atoms with Crippen LogP contribution in [0.5, 0.6) is 0 Å². The van der Waals surface area contributed by atoms with E-state index in [1.165, 1.54) is 7.11 Å². The fourth-order valence-corrected chi connectivity index (χ4v) is 7.01. The van der Waals surface area contributed by atoms with Crippen molar-refractivity contribution in [3.05, 3.63) is 105 Å². The van der Waals surface area contributed by atoms with Gasteiger partial charge in [0.1, 0.15) is 7.11 Å². The highest BCUT2D eigenvalue weighted by atomic mass is 35.5. The number of fused-ring (bicyclic) bond motifs is 1. The molecule has 3 aromatic rings. The van der Waals surface area contributed by atoms with E-state index in [1.807, 2.05) is 36.4 Å². The van der Waals surface area contributed by atoms with Gasteiger partial charge in [-0.2, -0.15) is 0 Å². The van der Waals surface area contributed by atoms with E-state index in [0.717, 1.165) is 61.3 Å². The zero-order valence-electron chi connectivity index (χ0n) is 24.9. The van der Waals surface area contributed by atoms with Crippen molar-refractivity contribution < 1.29 is 14.4 Å². The minimum Gasteiger partial charge on any atom is -0.399 e. The number of likely N-dealkylation sites (tertiary alicyclic amines) is 1. The fraction of sp³-hybridized carbons (Fsp3) is 0.382. The Morgan fingerprint density at radius 1 is 1.02 bits per heavy atom. The highest BCUT2D eigenvalue weighted by Crippen LogP contribution is 2.37. The van der Waals surface area contributed by atoms with E-state index in [2.05, 4.69) is 40.1 Å². The highest BCUT2D eigenvalue weighted by molar-refractivity contribution is 6.35. The number of benzene rings is 3. The Kier molecular flexibility index (Phi) is 10.1. The standard InChI is InChI=1S/C34H38Cl2N4O3/c1-23-29-11-7-8-12-31(29)34(42)40(23)28-13-16-39(17-14-28)18-15-30(24-9-5-4-6-10-24)32(37-43-3)22-38(2)33(41)25-19-26(35)21-27(36)20-25/h4-12,19-21,23,28,30H,13-18,22H2,1-3H3/b37-32+. The molecule has 2 aliphatic heterocycles. The number of rotatable bonds is 10. The SMILES string of the molecule is CO/N=C(\CN(C)C(=O)c1cc(Cl)cc(Cl)c1)C(CCN1CCC(N2C(=O)c3ccccc3C2C)CC1)c1ccccc1. The topological polar surface area (TPSA) is 65.5 Å². The van der Waals surface area contributed by atoms with E-state index in [4.69, 9.17) is 28.0 Å². The molecular weight excluding hydrogens is 583 g/mol. The Morgan fingerprint density at radius 2 is 1.67 bits per heavy atom. The largest absolute Gasteiger partial charge is 0.399 e. The van der Waals surface area contributed by atoms with Gasteiger partial charge in [-0.15, -0.1) is 0 Å². The molecule has 1 saturated heterocycles. The van der Waals surface area contributed by atoms with E-state index in [9.17, 15) is 9.59 Å². The number of hydrogen-bond donors (Lipinski definition) is 0. The second-order valence-corrected chi connectivity index (χ2v) is 12.3. The number of carbonyl (C=O) groups is 2. The van der Waals surface area contributed by atoms with Crippen LogP contribution in [0.4, 0.5) is 0 Å². The van der Waals surface area contributed by atoms with E-state index < -0.39 is 0 Å². The Bertz CT molecular complexity index is 1450. The normalized spacial score (nSPS) is 18.4. The van der Waals surface area contributed by atoms with Gasteiger partial charge in [-0.3, -0.25) is 9.59 Å². The maximum absolute atomic E-state index is 13.3. The summed E-state index contributed by atoms with van der Waals surface area (Å²) in [5, 5.41) is 5.25. The molecule has 0 radical (unpaired) electrons. The minimum absolute atomic E-state index is 0.0493. The summed E-state index contributed by atoms with van der Waals surface area (Å²) >= 11 is 12.3. The molecule has 7 nitrogen and oxygen atoms in total. The molecule has 9 heteroatoms. The average Bonchev–Trinajstić information content (AvgIpc) is 3.26. The molecule has 5 rings (SSSR count). The smallest absolute Gasteiger partial charge is 0.254 e.